The Hall–Kier alpha value is -7.22. The van der Waals surface area contributed by atoms with Crippen molar-refractivity contribution in [3.05, 3.63) is 224 Å². The molecule has 0 amide bonds. The van der Waals surface area contributed by atoms with Crippen molar-refractivity contribution < 1.29 is 0 Å². The number of benzene rings is 10. The summed E-state index contributed by atoms with van der Waals surface area (Å²) >= 11 is 0. The van der Waals surface area contributed by atoms with E-state index in [-0.39, 0.29) is 0 Å². The van der Waals surface area contributed by atoms with Crippen molar-refractivity contribution in [1.29, 1.82) is 0 Å². The number of hydrogen-bond acceptors (Lipinski definition) is 1. The number of hydrogen-bond donors (Lipinski definition) is 0. The zero-order valence-electron chi connectivity index (χ0n) is 30.3. The molecule has 10 rings (SSSR count). The van der Waals surface area contributed by atoms with Crippen molar-refractivity contribution in [2.24, 2.45) is 0 Å². The first-order valence-electron chi connectivity index (χ1n) is 18.9. The molecular formula is C54H37N. The lowest BCUT2D eigenvalue weighted by atomic mass is 9.91. The molecule has 0 aliphatic heterocycles. The predicted molar refractivity (Wildman–Crippen MR) is 235 cm³/mol. The van der Waals surface area contributed by atoms with Gasteiger partial charge < -0.3 is 4.90 Å². The Balaban J connectivity index is 1.11. The van der Waals surface area contributed by atoms with Gasteiger partial charge in [-0.3, -0.25) is 0 Å². The van der Waals surface area contributed by atoms with Crippen LogP contribution in [0.25, 0.3) is 76.8 Å². The van der Waals surface area contributed by atoms with Crippen molar-refractivity contribution in [3.8, 4) is 44.5 Å². The maximum Gasteiger partial charge on any atom is 0.0468 e. The minimum atomic E-state index is 1.10. The molecule has 0 bridgehead atoms. The first kappa shape index (κ1) is 32.4. The molecular weight excluding hydrogens is 663 g/mol. The zero-order valence-corrected chi connectivity index (χ0v) is 30.3. The van der Waals surface area contributed by atoms with Gasteiger partial charge in [-0.1, -0.05) is 182 Å². The third-order valence-corrected chi connectivity index (χ3v) is 10.8. The smallest absolute Gasteiger partial charge is 0.0468 e. The Bertz CT molecular complexity index is 2940. The summed E-state index contributed by atoms with van der Waals surface area (Å²) in [7, 11) is 0. The molecule has 0 aliphatic rings. The van der Waals surface area contributed by atoms with Gasteiger partial charge in [0.05, 0.1) is 0 Å². The van der Waals surface area contributed by atoms with Crippen LogP contribution in [0.5, 0.6) is 0 Å². The molecule has 1 heteroatoms. The molecule has 0 unspecified atom stereocenters. The molecule has 10 aromatic carbocycles. The van der Waals surface area contributed by atoms with Crippen LogP contribution in [0.3, 0.4) is 0 Å². The summed E-state index contributed by atoms with van der Waals surface area (Å²) in [4.78, 5) is 2.38. The van der Waals surface area contributed by atoms with E-state index < -0.39 is 0 Å². The van der Waals surface area contributed by atoms with E-state index in [2.05, 4.69) is 229 Å². The highest BCUT2D eigenvalue weighted by molar-refractivity contribution is 6.07. The Labute approximate surface area is 322 Å². The van der Waals surface area contributed by atoms with Crippen LogP contribution in [-0.4, -0.2) is 0 Å². The first-order valence-corrected chi connectivity index (χ1v) is 18.9. The second-order valence-corrected chi connectivity index (χ2v) is 14.1. The van der Waals surface area contributed by atoms with E-state index in [1.807, 2.05) is 0 Å². The maximum atomic E-state index is 2.38. The minimum absolute atomic E-state index is 1.10. The fourth-order valence-electron chi connectivity index (χ4n) is 8.12. The third-order valence-electron chi connectivity index (χ3n) is 10.8. The Kier molecular flexibility index (Phi) is 8.24. The van der Waals surface area contributed by atoms with Gasteiger partial charge in [-0.2, -0.15) is 0 Å². The average Bonchev–Trinajstić information content (AvgIpc) is 3.27. The highest BCUT2D eigenvalue weighted by atomic mass is 15.1. The van der Waals surface area contributed by atoms with Crippen molar-refractivity contribution in [3.63, 3.8) is 0 Å². The standard InChI is InChI=1S/C54H37N/c1-3-12-38(13-4-1)40-26-31-47(32-27-40)55(49-35-30-42-18-9-21-50(53(42)37-49)46-25-24-39-14-7-8-17-45(39)36-46)48-33-28-43(29-34-48)52-23-11-20-44-19-10-22-51(54(44)52)41-15-5-2-6-16-41/h1-37H. The molecule has 0 atom stereocenters. The molecule has 0 heterocycles. The van der Waals surface area contributed by atoms with E-state index in [0.717, 1.165) is 17.1 Å². The monoisotopic (exact) mass is 699 g/mol. The van der Waals surface area contributed by atoms with E-state index >= 15 is 0 Å². The maximum absolute atomic E-state index is 2.38. The summed E-state index contributed by atoms with van der Waals surface area (Å²) in [5.41, 5.74) is 13.0. The summed E-state index contributed by atoms with van der Waals surface area (Å²) in [6, 6.07) is 81.5. The van der Waals surface area contributed by atoms with E-state index in [0.29, 0.717) is 0 Å². The molecule has 258 valence electrons. The van der Waals surface area contributed by atoms with E-state index in [1.54, 1.807) is 0 Å². The van der Waals surface area contributed by atoms with Gasteiger partial charge >= 0.3 is 0 Å². The van der Waals surface area contributed by atoms with Gasteiger partial charge in [0.15, 0.2) is 0 Å². The third kappa shape index (κ3) is 6.12. The Morgan fingerprint density at radius 3 is 1.36 bits per heavy atom. The van der Waals surface area contributed by atoms with Gasteiger partial charge in [-0.05, 0) is 119 Å². The van der Waals surface area contributed by atoms with Crippen molar-refractivity contribution >= 4 is 49.4 Å². The number of anilines is 3. The summed E-state index contributed by atoms with van der Waals surface area (Å²) in [6.45, 7) is 0. The zero-order chi connectivity index (χ0) is 36.6. The van der Waals surface area contributed by atoms with Crippen molar-refractivity contribution in [2.45, 2.75) is 0 Å². The average molecular weight is 700 g/mol. The molecule has 1 nitrogen and oxygen atoms in total. The highest BCUT2D eigenvalue weighted by Crippen LogP contribution is 2.42. The van der Waals surface area contributed by atoms with Crippen LogP contribution in [-0.2, 0) is 0 Å². The van der Waals surface area contributed by atoms with E-state index in [4.69, 9.17) is 0 Å². The second-order valence-electron chi connectivity index (χ2n) is 14.1. The fourth-order valence-corrected chi connectivity index (χ4v) is 8.12. The molecule has 0 saturated heterocycles. The molecule has 0 saturated carbocycles. The van der Waals surface area contributed by atoms with Crippen LogP contribution in [0, 0.1) is 0 Å². The van der Waals surface area contributed by atoms with Crippen LogP contribution in [0.4, 0.5) is 17.1 Å². The number of nitrogens with zero attached hydrogens (tertiary/aromatic N) is 1. The lowest BCUT2D eigenvalue weighted by Gasteiger charge is -2.27. The molecule has 55 heavy (non-hydrogen) atoms. The van der Waals surface area contributed by atoms with Crippen LogP contribution < -0.4 is 4.90 Å². The van der Waals surface area contributed by atoms with Crippen LogP contribution in [0.1, 0.15) is 0 Å². The second kappa shape index (κ2) is 14.0. The fraction of sp³-hybridized carbons (Fsp3) is 0. The molecule has 0 fully saturated rings. The summed E-state index contributed by atoms with van der Waals surface area (Å²) in [5.74, 6) is 0. The van der Waals surface area contributed by atoms with Crippen LogP contribution in [0.15, 0.2) is 224 Å². The predicted octanol–water partition coefficient (Wildman–Crippen LogP) is 15.3. The number of rotatable bonds is 7. The van der Waals surface area contributed by atoms with Crippen LogP contribution in [0.2, 0.25) is 0 Å². The lowest BCUT2D eigenvalue weighted by molar-refractivity contribution is 1.29. The topological polar surface area (TPSA) is 3.24 Å². The van der Waals surface area contributed by atoms with Crippen molar-refractivity contribution in [2.75, 3.05) is 4.90 Å². The highest BCUT2D eigenvalue weighted by Gasteiger charge is 2.17. The quantitative estimate of drug-likeness (QED) is 0.160. The Morgan fingerprint density at radius 2 is 0.691 bits per heavy atom. The normalized spacial score (nSPS) is 11.3. The van der Waals surface area contributed by atoms with E-state index in [1.165, 1.54) is 76.8 Å². The lowest BCUT2D eigenvalue weighted by Crippen LogP contribution is -2.10. The molecule has 0 spiro atoms. The van der Waals surface area contributed by atoms with Gasteiger partial charge in [0, 0.05) is 17.1 Å². The van der Waals surface area contributed by atoms with Gasteiger partial charge in [0.25, 0.3) is 0 Å². The molecule has 10 aromatic rings. The minimum Gasteiger partial charge on any atom is -0.310 e. The molecule has 0 aromatic heterocycles. The summed E-state index contributed by atoms with van der Waals surface area (Å²) in [6.07, 6.45) is 0. The van der Waals surface area contributed by atoms with Crippen molar-refractivity contribution in [1.82, 2.24) is 0 Å². The van der Waals surface area contributed by atoms with Gasteiger partial charge in [0.1, 0.15) is 0 Å². The van der Waals surface area contributed by atoms with Gasteiger partial charge in [-0.15, -0.1) is 0 Å². The molecule has 0 aliphatic carbocycles. The van der Waals surface area contributed by atoms with Gasteiger partial charge in [-0.25, -0.2) is 0 Å². The van der Waals surface area contributed by atoms with E-state index in [9.17, 15) is 0 Å². The number of fused-ring (bicyclic) bond motifs is 3. The summed E-state index contributed by atoms with van der Waals surface area (Å²) < 4.78 is 0. The summed E-state index contributed by atoms with van der Waals surface area (Å²) in [5, 5.41) is 7.45. The van der Waals surface area contributed by atoms with Gasteiger partial charge in [0.2, 0.25) is 0 Å². The Morgan fingerprint density at radius 1 is 0.236 bits per heavy atom. The molecule has 0 radical (unpaired) electrons. The van der Waals surface area contributed by atoms with Crippen LogP contribution >= 0.6 is 0 Å². The first-order chi connectivity index (χ1) is 27.3. The largest absolute Gasteiger partial charge is 0.310 e. The SMILES string of the molecule is c1ccc(-c2ccc(N(c3ccc(-c4cccc5cccc(-c6ccccc6)c45)cc3)c3ccc4cccc(-c5ccc6ccccc6c5)c4c3)cc2)cc1. The molecule has 0 N–H and O–H groups in total.